The van der Waals surface area contributed by atoms with Crippen molar-refractivity contribution in [2.75, 3.05) is 45.0 Å². The highest BCUT2D eigenvalue weighted by Crippen LogP contribution is 2.06. The summed E-state index contributed by atoms with van der Waals surface area (Å²) in [5.41, 5.74) is 5.67. The molecule has 0 saturated heterocycles. The maximum Gasteiger partial charge on any atom is 0.322 e. The van der Waals surface area contributed by atoms with Crippen molar-refractivity contribution in [1.29, 1.82) is 0 Å². The predicted octanol–water partition coefficient (Wildman–Crippen LogP) is 1.05. The summed E-state index contributed by atoms with van der Waals surface area (Å²) in [4.78, 5) is 11.2. The smallest absolute Gasteiger partial charge is 0.322 e. The molecule has 0 amide bonds. The first kappa shape index (κ1) is 17.7. The van der Waals surface area contributed by atoms with Crippen molar-refractivity contribution in [2.24, 2.45) is 5.73 Å². The molecular weight excluding hydrogens is 254 g/mol. The fourth-order valence-electron chi connectivity index (χ4n) is 1.19. The summed E-state index contributed by atoms with van der Waals surface area (Å²) in [5, 5.41) is 0. The number of carbonyl (C=O) groups excluding carboxylic acids is 1. The Bertz CT molecular complexity index is 205. The lowest BCUT2D eigenvalue weighted by molar-refractivity contribution is -0.144. The molecular formula is C12H25NO4S. The number of methoxy groups -OCH3 is 1. The van der Waals surface area contributed by atoms with E-state index in [9.17, 15) is 4.79 Å². The van der Waals surface area contributed by atoms with Crippen LogP contribution >= 0.6 is 11.8 Å². The average Bonchev–Trinajstić information content (AvgIpc) is 2.36. The van der Waals surface area contributed by atoms with E-state index in [1.54, 1.807) is 25.8 Å². The highest BCUT2D eigenvalue weighted by molar-refractivity contribution is 7.99. The Hall–Kier alpha value is -0.300. The molecule has 0 aliphatic rings. The van der Waals surface area contributed by atoms with Crippen molar-refractivity contribution in [3.05, 3.63) is 0 Å². The summed E-state index contributed by atoms with van der Waals surface area (Å²) >= 11 is 1.78. The van der Waals surface area contributed by atoms with E-state index in [2.05, 4.69) is 0 Å². The van der Waals surface area contributed by atoms with Gasteiger partial charge in [0, 0.05) is 13.7 Å². The molecule has 0 spiro atoms. The first-order valence-electron chi connectivity index (χ1n) is 6.29. The van der Waals surface area contributed by atoms with Crippen LogP contribution in [0.15, 0.2) is 0 Å². The van der Waals surface area contributed by atoms with Gasteiger partial charge < -0.3 is 19.9 Å². The number of hydrogen-bond acceptors (Lipinski definition) is 6. The minimum atomic E-state index is -0.490. The Morgan fingerprint density at radius 3 is 2.72 bits per heavy atom. The van der Waals surface area contributed by atoms with Crippen molar-refractivity contribution in [3.8, 4) is 0 Å². The number of thioether (sulfide) groups is 1. The van der Waals surface area contributed by atoms with E-state index in [4.69, 9.17) is 19.9 Å². The van der Waals surface area contributed by atoms with Crippen LogP contribution in [0.4, 0.5) is 0 Å². The molecule has 0 aliphatic carbocycles. The molecule has 0 aromatic heterocycles. The zero-order chi connectivity index (χ0) is 13.6. The third kappa shape index (κ3) is 10.8. The van der Waals surface area contributed by atoms with Gasteiger partial charge in [0.15, 0.2) is 0 Å². The molecule has 1 atom stereocenters. The van der Waals surface area contributed by atoms with Crippen molar-refractivity contribution >= 4 is 17.7 Å². The van der Waals surface area contributed by atoms with E-state index < -0.39 is 6.04 Å². The van der Waals surface area contributed by atoms with Gasteiger partial charge in [-0.3, -0.25) is 4.79 Å². The highest BCUT2D eigenvalue weighted by Gasteiger charge is 2.13. The molecule has 0 aliphatic heterocycles. The molecule has 5 nitrogen and oxygen atoms in total. The Morgan fingerprint density at radius 2 is 2.06 bits per heavy atom. The van der Waals surface area contributed by atoms with Crippen LogP contribution in [0, 0.1) is 0 Å². The molecule has 0 bridgehead atoms. The Labute approximate surface area is 114 Å². The summed E-state index contributed by atoms with van der Waals surface area (Å²) in [7, 11) is 1.66. The van der Waals surface area contributed by atoms with Gasteiger partial charge in [-0.25, -0.2) is 0 Å². The lowest BCUT2D eigenvalue weighted by atomic mass is 10.2. The minimum Gasteiger partial charge on any atom is -0.465 e. The van der Waals surface area contributed by atoms with Gasteiger partial charge in [0.25, 0.3) is 0 Å². The van der Waals surface area contributed by atoms with Crippen molar-refractivity contribution < 1.29 is 19.0 Å². The number of nitrogens with two attached hydrogens (primary N) is 1. The molecule has 0 heterocycles. The zero-order valence-electron chi connectivity index (χ0n) is 11.4. The van der Waals surface area contributed by atoms with Crippen LogP contribution in [0.5, 0.6) is 0 Å². The SMILES string of the molecule is CCOC(=O)C(N)CCSCCCOCCOC. The fraction of sp³-hybridized carbons (Fsp3) is 0.917. The van der Waals surface area contributed by atoms with E-state index in [0.717, 1.165) is 24.5 Å². The third-order valence-corrected chi connectivity index (χ3v) is 3.27. The van der Waals surface area contributed by atoms with E-state index in [0.29, 0.717) is 26.2 Å². The van der Waals surface area contributed by atoms with Crippen LogP contribution in [0.25, 0.3) is 0 Å². The molecule has 0 saturated carbocycles. The van der Waals surface area contributed by atoms with Gasteiger partial charge >= 0.3 is 5.97 Å². The molecule has 108 valence electrons. The lowest BCUT2D eigenvalue weighted by Gasteiger charge is -2.09. The van der Waals surface area contributed by atoms with Gasteiger partial charge in [0.05, 0.1) is 19.8 Å². The molecule has 0 radical (unpaired) electrons. The molecule has 1 unspecified atom stereocenters. The van der Waals surface area contributed by atoms with Gasteiger partial charge in [-0.2, -0.15) is 11.8 Å². The van der Waals surface area contributed by atoms with Crippen LogP contribution in [-0.2, 0) is 19.0 Å². The van der Waals surface area contributed by atoms with Crippen LogP contribution in [0.2, 0.25) is 0 Å². The first-order chi connectivity index (χ1) is 8.72. The van der Waals surface area contributed by atoms with Gasteiger partial charge in [0.2, 0.25) is 0 Å². The number of hydrogen-bond donors (Lipinski definition) is 1. The van der Waals surface area contributed by atoms with Crippen LogP contribution in [0.3, 0.4) is 0 Å². The zero-order valence-corrected chi connectivity index (χ0v) is 12.2. The maximum absolute atomic E-state index is 11.2. The van der Waals surface area contributed by atoms with Crippen LogP contribution < -0.4 is 5.73 Å². The molecule has 18 heavy (non-hydrogen) atoms. The predicted molar refractivity (Wildman–Crippen MR) is 73.9 cm³/mol. The molecule has 2 N–H and O–H groups in total. The molecule has 0 rings (SSSR count). The summed E-state index contributed by atoms with van der Waals surface area (Å²) in [6.45, 7) is 4.21. The summed E-state index contributed by atoms with van der Waals surface area (Å²) < 4.78 is 15.0. The Kier molecular flexibility index (Phi) is 12.9. The largest absolute Gasteiger partial charge is 0.465 e. The lowest BCUT2D eigenvalue weighted by Crippen LogP contribution is -2.32. The van der Waals surface area contributed by atoms with Gasteiger partial charge in [0.1, 0.15) is 6.04 Å². The Morgan fingerprint density at radius 1 is 1.28 bits per heavy atom. The van der Waals surface area contributed by atoms with E-state index in [1.807, 2.05) is 0 Å². The van der Waals surface area contributed by atoms with Crippen LogP contribution in [-0.4, -0.2) is 57.1 Å². The van der Waals surface area contributed by atoms with Gasteiger partial charge in [-0.1, -0.05) is 0 Å². The van der Waals surface area contributed by atoms with E-state index in [1.165, 1.54) is 0 Å². The highest BCUT2D eigenvalue weighted by atomic mass is 32.2. The number of rotatable bonds is 12. The molecule has 6 heteroatoms. The second kappa shape index (κ2) is 13.1. The standard InChI is InChI=1S/C12H25NO4S/c1-3-17-12(14)11(13)5-10-18-9-4-6-16-8-7-15-2/h11H,3-10,13H2,1-2H3. The average molecular weight is 279 g/mol. The number of carbonyl (C=O) groups is 1. The normalized spacial score (nSPS) is 12.4. The fourth-order valence-corrected chi connectivity index (χ4v) is 2.13. The van der Waals surface area contributed by atoms with E-state index >= 15 is 0 Å². The second-order valence-corrected chi connectivity index (χ2v) is 4.94. The monoisotopic (exact) mass is 279 g/mol. The topological polar surface area (TPSA) is 70.8 Å². The molecule has 0 aromatic rings. The summed E-state index contributed by atoms with van der Waals surface area (Å²) in [6.07, 6.45) is 1.66. The van der Waals surface area contributed by atoms with Gasteiger partial charge in [-0.15, -0.1) is 0 Å². The quantitative estimate of drug-likeness (QED) is 0.425. The Balaban J connectivity index is 3.22. The van der Waals surface area contributed by atoms with Crippen molar-refractivity contribution in [1.82, 2.24) is 0 Å². The first-order valence-corrected chi connectivity index (χ1v) is 7.44. The van der Waals surface area contributed by atoms with Crippen molar-refractivity contribution in [2.45, 2.75) is 25.8 Å². The molecule has 0 aromatic carbocycles. The summed E-state index contributed by atoms with van der Waals surface area (Å²) in [6, 6.07) is -0.490. The van der Waals surface area contributed by atoms with Crippen LogP contribution in [0.1, 0.15) is 19.8 Å². The van der Waals surface area contributed by atoms with E-state index in [-0.39, 0.29) is 5.97 Å². The third-order valence-electron chi connectivity index (χ3n) is 2.17. The second-order valence-electron chi connectivity index (χ2n) is 3.72. The molecule has 0 fully saturated rings. The number of ether oxygens (including phenoxy) is 3. The number of esters is 1. The summed E-state index contributed by atoms with van der Waals surface area (Å²) in [5.74, 6) is 1.58. The minimum absolute atomic E-state index is 0.305. The van der Waals surface area contributed by atoms with Crippen molar-refractivity contribution in [3.63, 3.8) is 0 Å². The maximum atomic E-state index is 11.2. The van der Waals surface area contributed by atoms with Gasteiger partial charge in [-0.05, 0) is 31.3 Å².